The SMILES string of the molecule is CCCC(CC#N)c1ccccc1Br. The van der Waals surface area contributed by atoms with Crippen LogP contribution < -0.4 is 0 Å². The van der Waals surface area contributed by atoms with Crippen molar-refractivity contribution in [1.29, 1.82) is 5.26 Å². The Morgan fingerprint density at radius 1 is 1.43 bits per heavy atom. The van der Waals surface area contributed by atoms with E-state index in [2.05, 4.69) is 35.0 Å². The molecule has 0 radical (unpaired) electrons. The van der Waals surface area contributed by atoms with Gasteiger partial charge in [0.15, 0.2) is 0 Å². The molecular formula is C12H14BrN. The number of nitriles is 1. The number of hydrogen-bond acceptors (Lipinski definition) is 1. The largest absolute Gasteiger partial charge is 0.198 e. The number of halogens is 1. The quantitative estimate of drug-likeness (QED) is 0.785. The summed E-state index contributed by atoms with van der Waals surface area (Å²) in [5, 5.41) is 8.75. The maximum absolute atomic E-state index is 8.75. The third-order valence-electron chi connectivity index (χ3n) is 2.32. The van der Waals surface area contributed by atoms with Crippen molar-refractivity contribution >= 4 is 15.9 Å². The van der Waals surface area contributed by atoms with E-state index in [0.29, 0.717) is 12.3 Å². The molecule has 0 amide bonds. The fourth-order valence-electron chi connectivity index (χ4n) is 1.63. The summed E-state index contributed by atoms with van der Waals surface area (Å²) in [5.74, 6) is 0.376. The van der Waals surface area contributed by atoms with Gasteiger partial charge in [0.1, 0.15) is 0 Å². The van der Waals surface area contributed by atoms with Crippen LogP contribution in [-0.4, -0.2) is 0 Å². The molecule has 1 aromatic carbocycles. The van der Waals surface area contributed by atoms with Gasteiger partial charge >= 0.3 is 0 Å². The lowest BCUT2D eigenvalue weighted by Gasteiger charge is -2.14. The molecule has 1 atom stereocenters. The minimum Gasteiger partial charge on any atom is -0.198 e. The van der Waals surface area contributed by atoms with Crippen molar-refractivity contribution in [1.82, 2.24) is 0 Å². The molecule has 0 saturated heterocycles. The van der Waals surface area contributed by atoms with Gasteiger partial charge in [-0.15, -0.1) is 0 Å². The smallest absolute Gasteiger partial charge is 0.0628 e. The van der Waals surface area contributed by atoms with Crippen LogP contribution in [0, 0.1) is 11.3 Å². The fourth-order valence-corrected chi connectivity index (χ4v) is 2.24. The van der Waals surface area contributed by atoms with Crippen LogP contribution in [-0.2, 0) is 0 Å². The summed E-state index contributed by atoms with van der Waals surface area (Å²) in [5.41, 5.74) is 1.26. The molecule has 14 heavy (non-hydrogen) atoms. The van der Waals surface area contributed by atoms with Crippen LogP contribution in [0.4, 0.5) is 0 Å². The van der Waals surface area contributed by atoms with Crippen molar-refractivity contribution in [3.8, 4) is 6.07 Å². The molecule has 1 rings (SSSR count). The lowest BCUT2D eigenvalue weighted by Crippen LogP contribution is -1.98. The monoisotopic (exact) mass is 251 g/mol. The highest BCUT2D eigenvalue weighted by Crippen LogP contribution is 2.30. The molecule has 0 aromatic heterocycles. The summed E-state index contributed by atoms with van der Waals surface area (Å²) < 4.78 is 1.12. The van der Waals surface area contributed by atoms with Gasteiger partial charge in [-0.1, -0.05) is 47.5 Å². The lowest BCUT2D eigenvalue weighted by atomic mass is 9.92. The molecule has 74 valence electrons. The maximum Gasteiger partial charge on any atom is 0.0628 e. The first-order valence-corrected chi connectivity index (χ1v) is 5.70. The van der Waals surface area contributed by atoms with Crippen LogP contribution in [0.2, 0.25) is 0 Å². The topological polar surface area (TPSA) is 23.8 Å². The molecule has 0 aliphatic rings. The third-order valence-corrected chi connectivity index (χ3v) is 3.04. The van der Waals surface area contributed by atoms with Gasteiger partial charge in [-0.25, -0.2) is 0 Å². The Hall–Kier alpha value is -0.810. The molecule has 0 N–H and O–H groups in total. The zero-order valence-corrected chi connectivity index (χ0v) is 9.92. The molecule has 0 aliphatic carbocycles. The van der Waals surface area contributed by atoms with E-state index in [1.807, 2.05) is 18.2 Å². The van der Waals surface area contributed by atoms with Crippen molar-refractivity contribution in [3.63, 3.8) is 0 Å². The summed E-state index contributed by atoms with van der Waals surface area (Å²) >= 11 is 3.53. The Balaban J connectivity index is 2.88. The first-order chi connectivity index (χ1) is 6.79. The summed E-state index contributed by atoms with van der Waals surface area (Å²) in [6.07, 6.45) is 2.81. The minimum absolute atomic E-state index is 0.376. The zero-order valence-electron chi connectivity index (χ0n) is 8.33. The van der Waals surface area contributed by atoms with Gasteiger partial charge in [-0.3, -0.25) is 0 Å². The van der Waals surface area contributed by atoms with Gasteiger partial charge in [-0.2, -0.15) is 5.26 Å². The molecule has 0 heterocycles. The number of hydrogen-bond donors (Lipinski definition) is 0. The Morgan fingerprint density at radius 2 is 2.14 bits per heavy atom. The second-order valence-electron chi connectivity index (χ2n) is 3.37. The van der Waals surface area contributed by atoms with E-state index in [1.54, 1.807) is 0 Å². The second-order valence-corrected chi connectivity index (χ2v) is 4.22. The predicted octanol–water partition coefficient (Wildman–Crippen LogP) is 4.25. The molecule has 1 unspecified atom stereocenters. The average molecular weight is 252 g/mol. The van der Waals surface area contributed by atoms with E-state index in [4.69, 9.17) is 5.26 Å². The first-order valence-electron chi connectivity index (χ1n) is 4.91. The number of nitrogens with zero attached hydrogens (tertiary/aromatic N) is 1. The standard InChI is InChI=1S/C12H14BrN/c1-2-5-10(8-9-14)11-6-3-4-7-12(11)13/h3-4,6-7,10H,2,5,8H2,1H3. The van der Waals surface area contributed by atoms with Crippen molar-refractivity contribution in [3.05, 3.63) is 34.3 Å². The molecule has 2 heteroatoms. The fraction of sp³-hybridized carbons (Fsp3) is 0.417. The molecule has 0 spiro atoms. The van der Waals surface area contributed by atoms with Gasteiger partial charge in [-0.05, 0) is 24.0 Å². The normalized spacial score (nSPS) is 12.1. The van der Waals surface area contributed by atoms with E-state index in [9.17, 15) is 0 Å². The summed E-state index contributed by atoms with van der Waals surface area (Å²) in [4.78, 5) is 0. The first kappa shape index (κ1) is 11.3. The zero-order chi connectivity index (χ0) is 10.4. The summed E-state index contributed by atoms with van der Waals surface area (Å²) in [6.45, 7) is 2.15. The average Bonchev–Trinajstić information content (AvgIpc) is 2.18. The van der Waals surface area contributed by atoms with Gasteiger partial charge in [0.25, 0.3) is 0 Å². The molecule has 1 aromatic rings. The highest BCUT2D eigenvalue weighted by Gasteiger charge is 2.12. The predicted molar refractivity (Wildman–Crippen MR) is 62.0 cm³/mol. The molecule has 0 fully saturated rings. The Kier molecular flexibility index (Phi) is 4.69. The van der Waals surface area contributed by atoms with Crippen LogP contribution in [0.1, 0.15) is 37.7 Å². The molecular weight excluding hydrogens is 238 g/mol. The highest BCUT2D eigenvalue weighted by atomic mass is 79.9. The van der Waals surface area contributed by atoms with Crippen molar-refractivity contribution in [2.45, 2.75) is 32.1 Å². The van der Waals surface area contributed by atoms with Crippen LogP contribution in [0.5, 0.6) is 0 Å². The van der Waals surface area contributed by atoms with E-state index in [1.165, 1.54) is 5.56 Å². The van der Waals surface area contributed by atoms with Crippen LogP contribution in [0.3, 0.4) is 0 Å². The maximum atomic E-state index is 8.75. The van der Waals surface area contributed by atoms with E-state index >= 15 is 0 Å². The van der Waals surface area contributed by atoms with Crippen LogP contribution in [0.25, 0.3) is 0 Å². The number of benzene rings is 1. The van der Waals surface area contributed by atoms with Crippen molar-refractivity contribution < 1.29 is 0 Å². The summed E-state index contributed by atoms with van der Waals surface area (Å²) in [6, 6.07) is 10.4. The van der Waals surface area contributed by atoms with E-state index < -0.39 is 0 Å². The van der Waals surface area contributed by atoms with Gasteiger partial charge in [0, 0.05) is 10.9 Å². The van der Waals surface area contributed by atoms with Crippen LogP contribution in [0.15, 0.2) is 28.7 Å². The third kappa shape index (κ3) is 2.85. The van der Waals surface area contributed by atoms with Crippen molar-refractivity contribution in [2.24, 2.45) is 0 Å². The Bertz CT molecular complexity index is 327. The van der Waals surface area contributed by atoms with Gasteiger partial charge in [0.2, 0.25) is 0 Å². The van der Waals surface area contributed by atoms with Crippen LogP contribution >= 0.6 is 15.9 Å². The summed E-state index contributed by atoms with van der Waals surface area (Å²) in [7, 11) is 0. The lowest BCUT2D eigenvalue weighted by molar-refractivity contribution is 0.623. The minimum atomic E-state index is 0.376. The van der Waals surface area contributed by atoms with E-state index in [-0.39, 0.29) is 0 Å². The molecule has 0 saturated carbocycles. The van der Waals surface area contributed by atoms with Gasteiger partial charge in [0.05, 0.1) is 6.07 Å². The second kappa shape index (κ2) is 5.82. The van der Waals surface area contributed by atoms with E-state index in [0.717, 1.165) is 17.3 Å². The molecule has 0 bridgehead atoms. The Morgan fingerprint density at radius 3 is 2.71 bits per heavy atom. The van der Waals surface area contributed by atoms with Crippen molar-refractivity contribution in [2.75, 3.05) is 0 Å². The molecule has 1 nitrogen and oxygen atoms in total. The molecule has 0 aliphatic heterocycles. The van der Waals surface area contributed by atoms with Gasteiger partial charge < -0.3 is 0 Å². The number of rotatable bonds is 4. The Labute approximate surface area is 93.9 Å². The highest BCUT2D eigenvalue weighted by molar-refractivity contribution is 9.10.